The Hall–Kier alpha value is -2.73. The van der Waals surface area contributed by atoms with Gasteiger partial charge in [-0.05, 0) is 23.8 Å². The van der Waals surface area contributed by atoms with Crippen LogP contribution in [0.4, 0.5) is 30.7 Å². The molecule has 0 aliphatic heterocycles. The molecule has 0 heterocycles. The van der Waals surface area contributed by atoms with Gasteiger partial charge in [-0.3, -0.25) is 0 Å². The molecular weight excluding hydrogens is 381 g/mol. The highest BCUT2D eigenvalue weighted by Crippen LogP contribution is 2.45. The number of benzene rings is 1. The van der Waals surface area contributed by atoms with Crippen LogP contribution in [-0.2, 0) is 4.79 Å². The Kier molecular flexibility index (Phi) is 6.28. The summed E-state index contributed by atoms with van der Waals surface area (Å²) in [6.07, 6.45) is -5.95. The predicted molar refractivity (Wildman–Crippen MR) is 72.8 cm³/mol. The predicted octanol–water partition coefficient (Wildman–Crippen LogP) is 2.87. The average Bonchev–Trinajstić information content (AvgIpc) is 2.51. The van der Waals surface area contributed by atoms with Crippen molar-refractivity contribution in [1.82, 2.24) is 5.43 Å². The number of hydrogen-bond acceptors (Lipinski definition) is 5. The van der Waals surface area contributed by atoms with Crippen molar-refractivity contribution in [3.05, 3.63) is 23.8 Å². The first-order valence-corrected chi connectivity index (χ1v) is 6.47. The number of ether oxygens (including phenoxy) is 2. The van der Waals surface area contributed by atoms with Gasteiger partial charge in [0.1, 0.15) is 0 Å². The first-order chi connectivity index (χ1) is 11.8. The number of halogens is 7. The van der Waals surface area contributed by atoms with Crippen LogP contribution in [0.15, 0.2) is 23.3 Å². The highest BCUT2D eigenvalue weighted by molar-refractivity contribution is 5.80. The number of nitrogens with zero attached hydrogens (tertiary/aromatic N) is 1. The van der Waals surface area contributed by atoms with E-state index < -0.39 is 30.7 Å². The summed E-state index contributed by atoms with van der Waals surface area (Å²) in [4.78, 5) is 10.4. The minimum absolute atomic E-state index is 0.0334. The lowest BCUT2D eigenvalue weighted by Crippen LogP contribution is -2.58. The molecule has 1 aromatic rings. The topological polar surface area (TPSA) is 80.1 Å². The van der Waals surface area contributed by atoms with Crippen molar-refractivity contribution < 1.29 is 50.1 Å². The average molecular weight is 392 g/mol. The smallest absolute Gasteiger partial charge is 0.462 e. The van der Waals surface area contributed by atoms with Crippen LogP contribution in [0.5, 0.6) is 11.5 Å². The number of carboxylic acids is 1. The fraction of sp³-hybridized carbons (Fsp3) is 0.385. The van der Waals surface area contributed by atoms with Gasteiger partial charge in [0, 0.05) is 0 Å². The van der Waals surface area contributed by atoms with Gasteiger partial charge in [-0.25, -0.2) is 10.2 Å². The van der Waals surface area contributed by atoms with Gasteiger partial charge in [-0.15, -0.1) is 0 Å². The zero-order valence-electron chi connectivity index (χ0n) is 12.8. The number of methoxy groups -OCH3 is 1. The van der Waals surface area contributed by atoms with E-state index in [1.807, 2.05) is 0 Å². The molecular formula is C13H11F7N2O4. The van der Waals surface area contributed by atoms with E-state index in [0.29, 0.717) is 11.6 Å². The Morgan fingerprint density at radius 3 is 2.31 bits per heavy atom. The van der Waals surface area contributed by atoms with Gasteiger partial charge in [0.25, 0.3) is 0 Å². The third-order valence-electron chi connectivity index (χ3n) is 2.71. The maximum Gasteiger partial charge on any atom is 0.462 e. The zero-order chi connectivity index (χ0) is 20.2. The molecule has 0 aliphatic carbocycles. The second-order valence-electron chi connectivity index (χ2n) is 4.61. The van der Waals surface area contributed by atoms with Crippen LogP contribution in [0.2, 0.25) is 0 Å². The number of nitrogens with one attached hydrogen (secondary N) is 1. The zero-order valence-corrected chi connectivity index (χ0v) is 12.8. The Bertz CT molecular complexity index is 677. The highest BCUT2D eigenvalue weighted by Gasteiger charge is 2.73. The fourth-order valence-electron chi connectivity index (χ4n) is 1.46. The number of hydrogen-bond donors (Lipinski definition) is 2. The molecule has 146 valence electrons. The molecule has 0 aliphatic rings. The molecule has 0 saturated carbocycles. The summed E-state index contributed by atoms with van der Waals surface area (Å²) in [5.41, 5.74) is 0.424. The maximum absolute atomic E-state index is 13.0. The lowest BCUT2D eigenvalue weighted by Gasteiger charge is -2.27. The Balaban J connectivity index is 2.90. The molecule has 0 fully saturated rings. The second kappa shape index (κ2) is 7.66. The van der Waals surface area contributed by atoms with Gasteiger partial charge in [0.15, 0.2) is 18.1 Å². The van der Waals surface area contributed by atoms with Crippen molar-refractivity contribution in [1.29, 1.82) is 0 Å². The molecule has 2 N–H and O–H groups in total. The third-order valence-corrected chi connectivity index (χ3v) is 2.71. The van der Waals surface area contributed by atoms with Crippen LogP contribution in [-0.4, -0.2) is 49.2 Å². The third kappa shape index (κ3) is 4.89. The Labute approximate surface area is 141 Å². The molecule has 0 unspecified atom stereocenters. The van der Waals surface area contributed by atoms with Crippen molar-refractivity contribution in [2.45, 2.75) is 18.1 Å². The molecule has 0 saturated heterocycles. The molecule has 1 aromatic carbocycles. The van der Waals surface area contributed by atoms with Gasteiger partial charge < -0.3 is 14.6 Å². The molecule has 26 heavy (non-hydrogen) atoms. The highest BCUT2D eigenvalue weighted by atomic mass is 19.4. The monoisotopic (exact) mass is 392 g/mol. The summed E-state index contributed by atoms with van der Waals surface area (Å²) >= 11 is 0. The summed E-state index contributed by atoms with van der Waals surface area (Å²) in [5.74, 6) is -7.71. The van der Waals surface area contributed by atoms with Crippen molar-refractivity contribution >= 4 is 12.2 Å². The van der Waals surface area contributed by atoms with Crippen LogP contribution in [0.1, 0.15) is 5.56 Å². The maximum atomic E-state index is 13.0. The number of carboxylic acid groups (broad SMARTS) is 1. The molecule has 1 rings (SSSR count). The van der Waals surface area contributed by atoms with Crippen molar-refractivity contribution in [3.8, 4) is 11.5 Å². The van der Waals surface area contributed by atoms with Gasteiger partial charge in [-0.1, -0.05) is 0 Å². The molecule has 0 spiro atoms. The number of rotatable bonds is 8. The number of alkyl halides is 7. The van der Waals surface area contributed by atoms with E-state index in [9.17, 15) is 35.5 Å². The number of carbonyl (C=O) groups is 1. The SMILES string of the molecule is COc1cc(/C=N/NC(F)(F)C(F)(F)C(F)(F)F)ccc1OCC(=O)O. The largest absolute Gasteiger partial charge is 0.493 e. The molecule has 0 aromatic heterocycles. The normalized spacial score (nSPS) is 12.9. The molecule has 13 heteroatoms. The first kappa shape index (κ1) is 21.3. The lowest BCUT2D eigenvalue weighted by atomic mass is 10.2. The number of aliphatic carboxylic acids is 1. The summed E-state index contributed by atoms with van der Waals surface area (Å²) in [6.45, 7) is -0.704. The molecule has 0 bridgehead atoms. The quantitative estimate of drug-likeness (QED) is 0.308. The number of hydrazone groups is 1. The van der Waals surface area contributed by atoms with E-state index >= 15 is 0 Å². The molecule has 6 nitrogen and oxygen atoms in total. The van der Waals surface area contributed by atoms with Crippen LogP contribution in [0.3, 0.4) is 0 Å². The molecule has 0 atom stereocenters. The second-order valence-corrected chi connectivity index (χ2v) is 4.61. The Morgan fingerprint density at radius 2 is 1.81 bits per heavy atom. The summed E-state index contributed by atoms with van der Waals surface area (Å²) in [7, 11) is 1.17. The van der Waals surface area contributed by atoms with Gasteiger partial charge in [-0.2, -0.15) is 35.8 Å². The summed E-state index contributed by atoms with van der Waals surface area (Å²) in [6, 6.07) is -2.28. The minimum atomic E-state index is -6.48. The first-order valence-electron chi connectivity index (χ1n) is 6.47. The van der Waals surface area contributed by atoms with Crippen molar-refractivity contribution in [3.63, 3.8) is 0 Å². The van der Waals surface area contributed by atoms with E-state index in [4.69, 9.17) is 14.6 Å². The molecule has 0 amide bonds. The van der Waals surface area contributed by atoms with Crippen LogP contribution in [0.25, 0.3) is 0 Å². The summed E-state index contributed by atoms with van der Waals surface area (Å²) < 4.78 is 96.9. The van der Waals surface area contributed by atoms with E-state index in [-0.39, 0.29) is 17.1 Å². The molecule has 0 radical (unpaired) electrons. The fourth-order valence-corrected chi connectivity index (χ4v) is 1.46. The lowest BCUT2D eigenvalue weighted by molar-refractivity contribution is -0.361. The van der Waals surface area contributed by atoms with Crippen LogP contribution in [0, 0.1) is 0 Å². The van der Waals surface area contributed by atoms with Gasteiger partial charge >= 0.3 is 24.1 Å². The van der Waals surface area contributed by atoms with E-state index in [2.05, 4.69) is 5.10 Å². The van der Waals surface area contributed by atoms with Gasteiger partial charge in [0.05, 0.1) is 13.3 Å². The van der Waals surface area contributed by atoms with Crippen molar-refractivity contribution in [2.75, 3.05) is 13.7 Å². The standard InChI is InChI=1S/C13H11F7N2O4/c1-25-9-4-7(2-3-8(9)26-6-10(23)24)5-21-22-13(19,20)11(14,15)12(16,17)18/h2-5,22H,6H2,1H3,(H,23,24)/b21-5+. The van der Waals surface area contributed by atoms with Crippen molar-refractivity contribution in [2.24, 2.45) is 5.10 Å². The minimum Gasteiger partial charge on any atom is -0.493 e. The van der Waals surface area contributed by atoms with Crippen LogP contribution < -0.4 is 14.9 Å². The van der Waals surface area contributed by atoms with E-state index in [0.717, 1.165) is 18.2 Å². The van der Waals surface area contributed by atoms with Crippen LogP contribution >= 0.6 is 0 Å². The Morgan fingerprint density at radius 1 is 1.19 bits per heavy atom. The van der Waals surface area contributed by atoms with E-state index in [1.54, 1.807) is 0 Å². The summed E-state index contributed by atoms with van der Waals surface area (Å²) in [5, 5.41) is 11.2. The van der Waals surface area contributed by atoms with E-state index in [1.165, 1.54) is 7.11 Å². The van der Waals surface area contributed by atoms with Gasteiger partial charge in [0.2, 0.25) is 0 Å².